The molecule has 0 spiro atoms. The zero-order valence-electron chi connectivity index (χ0n) is 23.3. The van der Waals surface area contributed by atoms with Crippen molar-refractivity contribution in [1.29, 1.82) is 0 Å². The van der Waals surface area contributed by atoms with Gasteiger partial charge in [-0.05, 0) is 82.9 Å². The van der Waals surface area contributed by atoms with Crippen LogP contribution in [-0.4, -0.2) is 47.0 Å². The number of urea groups is 1. The minimum absolute atomic E-state index is 0.0845. The van der Waals surface area contributed by atoms with Crippen LogP contribution in [0.15, 0.2) is 69.1 Å². The molecule has 3 aromatic carbocycles. The number of nitrogens with zero attached hydrogens (tertiary/aromatic N) is 1. The average molecular weight is 716 g/mol. The smallest absolute Gasteiger partial charge is 0.335 e. The maximum absolute atomic E-state index is 13.5. The first-order valence-corrected chi connectivity index (χ1v) is 14.9. The number of hydrogen-bond donors (Lipinski definition) is 2. The van der Waals surface area contributed by atoms with Gasteiger partial charge in [0, 0.05) is 10.0 Å². The van der Waals surface area contributed by atoms with Crippen molar-refractivity contribution in [1.82, 2.24) is 10.2 Å². The molecular weight excluding hydrogens is 688 g/mol. The van der Waals surface area contributed by atoms with Gasteiger partial charge in [-0.25, -0.2) is 9.59 Å². The molecule has 0 unspecified atom stereocenters. The average Bonchev–Trinajstić information content (AvgIpc) is 2.96. The second-order valence-electron chi connectivity index (χ2n) is 9.37. The maximum Gasteiger partial charge on any atom is 0.335 e. The first-order valence-electron chi connectivity index (χ1n) is 13.3. The molecule has 0 radical (unpaired) electrons. The summed E-state index contributed by atoms with van der Waals surface area (Å²) >= 11 is 6.89. The molecule has 0 saturated carbocycles. The van der Waals surface area contributed by atoms with Crippen LogP contribution in [0.4, 0.5) is 4.79 Å². The van der Waals surface area contributed by atoms with Crippen LogP contribution in [0.25, 0.3) is 6.08 Å². The third kappa shape index (κ3) is 7.82. The summed E-state index contributed by atoms with van der Waals surface area (Å²) in [5, 5.41) is 11.4. The van der Waals surface area contributed by atoms with Crippen molar-refractivity contribution in [2.45, 2.75) is 33.4 Å². The van der Waals surface area contributed by atoms with Crippen LogP contribution in [0.2, 0.25) is 0 Å². The van der Waals surface area contributed by atoms with Gasteiger partial charge in [0.1, 0.15) is 17.9 Å². The summed E-state index contributed by atoms with van der Waals surface area (Å²) in [4.78, 5) is 51.2. The van der Waals surface area contributed by atoms with Crippen LogP contribution >= 0.6 is 31.9 Å². The highest BCUT2D eigenvalue weighted by Crippen LogP contribution is 2.36. The second-order valence-corrected chi connectivity index (χ2v) is 11.1. The molecule has 1 fully saturated rings. The Kier molecular flexibility index (Phi) is 10.6. The standard InChI is InChI=1S/C31H28Br2N2O8/c1-3-11-42-25-10-7-19(12-26(25)41-4-2)16-35-29(37)23(28(36)34-31(35)40)14-21-13-22(32)15-24(33)27(21)43-17-18-5-8-20(9-6-18)30(38)39/h5-10,12-15H,3-4,11,16-17H2,1-2H3,(H,38,39)(H,34,36,40)/b23-14+. The SMILES string of the molecule is CCCOc1ccc(CN2C(=O)NC(=O)/C(=C\c3cc(Br)cc(Br)c3OCc3ccc(C(=O)O)cc3)C2=O)cc1OCC. The number of ether oxygens (including phenoxy) is 3. The van der Waals surface area contributed by atoms with Gasteiger partial charge in [0.15, 0.2) is 11.5 Å². The second kappa shape index (κ2) is 14.3. The van der Waals surface area contributed by atoms with E-state index in [1.807, 2.05) is 13.8 Å². The quantitative estimate of drug-likeness (QED) is 0.164. The monoisotopic (exact) mass is 714 g/mol. The van der Waals surface area contributed by atoms with Crippen LogP contribution in [0.5, 0.6) is 17.2 Å². The third-order valence-electron chi connectivity index (χ3n) is 6.22. The first kappa shape index (κ1) is 31.8. The number of carbonyl (C=O) groups is 4. The zero-order chi connectivity index (χ0) is 31.1. The number of halogens is 2. The van der Waals surface area contributed by atoms with Crippen molar-refractivity contribution in [2.24, 2.45) is 0 Å². The first-order chi connectivity index (χ1) is 20.6. The third-order valence-corrected chi connectivity index (χ3v) is 7.26. The largest absolute Gasteiger partial charge is 0.490 e. The highest BCUT2D eigenvalue weighted by Gasteiger charge is 2.36. The molecular formula is C31H28Br2N2O8. The molecule has 2 N–H and O–H groups in total. The summed E-state index contributed by atoms with van der Waals surface area (Å²) in [5.41, 5.74) is 1.60. The number of carbonyl (C=O) groups excluding carboxylic acids is 3. The van der Waals surface area contributed by atoms with Crippen molar-refractivity contribution in [3.63, 3.8) is 0 Å². The van der Waals surface area contributed by atoms with Crippen molar-refractivity contribution in [2.75, 3.05) is 13.2 Å². The molecule has 1 aliphatic heterocycles. The number of rotatable bonds is 12. The number of aromatic carboxylic acids is 1. The highest BCUT2D eigenvalue weighted by molar-refractivity contribution is 9.11. The predicted molar refractivity (Wildman–Crippen MR) is 165 cm³/mol. The molecule has 10 nitrogen and oxygen atoms in total. The minimum Gasteiger partial charge on any atom is -0.490 e. The number of amides is 4. The normalized spacial score (nSPS) is 14.1. The van der Waals surface area contributed by atoms with Crippen molar-refractivity contribution < 1.29 is 38.5 Å². The van der Waals surface area contributed by atoms with Gasteiger partial charge in [-0.15, -0.1) is 0 Å². The van der Waals surface area contributed by atoms with Crippen LogP contribution in [0.1, 0.15) is 47.3 Å². The van der Waals surface area contributed by atoms with E-state index in [1.165, 1.54) is 18.2 Å². The fourth-order valence-electron chi connectivity index (χ4n) is 4.16. The summed E-state index contributed by atoms with van der Waals surface area (Å²) in [5.74, 6) is -1.26. The van der Waals surface area contributed by atoms with Crippen LogP contribution in [-0.2, 0) is 22.7 Å². The lowest BCUT2D eigenvalue weighted by Gasteiger charge is -2.27. The molecule has 1 aliphatic rings. The Morgan fingerprint density at radius 2 is 1.65 bits per heavy atom. The molecule has 0 bridgehead atoms. The van der Waals surface area contributed by atoms with Gasteiger partial charge in [0.25, 0.3) is 11.8 Å². The van der Waals surface area contributed by atoms with E-state index in [9.17, 15) is 19.2 Å². The summed E-state index contributed by atoms with van der Waals surface area (Å²) in [6.45, 7) is 4.72. The van der Waals surface area contributed by atoms with Gasteiger partial charge in [0.05, 0.1) is 29.8 Å². The van der Waals surface area contributed by atoms with Gasteiger partial charge in [-0.3, -0.25) is 19.8 Å². The number of carboxylic acid groups (broad SMARTS) is 1. The van der Waals surface area contributed by atoms with Crippen molar-refractivity contribution >= 4 is 61.8 Å². The summed E-state index contributed by atoms with van der Waals surface area (Å²) in [7, 11) is 0. The maximum atomic E-state index is 13.5. The Bertz CT molecular complexity index is 1590. The lowest BCUT2D eigenvalue weighted by molar-refractivity contribution is -0.130. The Labute approximate surface area is 264 Å². The van der Waals surface area contributed by atoms with Crippen LogP contribution < -0.4 is 19.5 Å². The van der Waals surface area contributed by atoms with E-state index in [-0.39, 0.29) is 24.3 Å². The summed E-state index contributed by atoms with van der Waals surface area (Å²) < 4.78 is 18.7. The molecule has 3 aromatic rings. The van der Waals surface area contributed by atoms with Gasteiger partial charge in [-0.2, -0.15) is 0 Å². The lowest BCUT2D eigenvalue weighted by atomic mass is 10.1. The number of nitrogens with one attached hydrogen (secondary N) is 1. The van der Waals surface area contributed by atoms with Crippen LogP contribution in [0, 0.1) is 0 Å². The molecule has 0 aromatic heterocycles. The fraction of sp³-hybridized carbons (Fsp3) is 0.226. The number of benzene rings is 3. The molecule has 0 aliphatic carbocycles. The van der Waals surface area contributed by atoms with Crippen molar-refractivity contribution in [3.8, 4) is 17.2 Å². The Hall–Kier alpha value is -4.16. The molecule has 224 valence electrons. The molecule has 12 heteroatoms. The van der Waals surface area contributed by atoms with E-state index in [0.717, 1.165) is 11.3 Å². The summed E-state index contributed by atoms with van der Waals surface area (Å²) in [6.07, 6.45) is 2.18. The molecule has 0 atom stereocenters. The highest BCUT2D eigenvalue weighted by atomic mass is 79.9. The fourth-order valence-corrected chi connectivity index (χ4v) is 5.54. The number of barbiturate groups is 1. The zero-order valence-corrected chi connectivity index (χ0v) is 26.5. The summed E-state index contributed by atoms with van der Waals surface area (Å²) in [6, 6.07) is 13.9. The van der Waals surface area contributed by atoms with Gasteiger partial charge in [0.2, 0.25) is 0 Å². The van der Waals surface area contributed by atoms with Gasteiger partial charge in [-0.1, -0.05) is 41.1 Å². The Morgan fingerprint density at radius 3 is 2.33 bits per heavy atom. The van der Waals surface area contributed by atoms with E-state index in [2.05, 4.69) is 37.2 Å². The Morgan fingerprint density at radius 1 is 0.930 bits per heavy atom. The molecule has 43 heavy (non-hydrogen) atoms. The minimum atomic E-state index is -1.03. The van der Waals surface area contributed by atoms with Gasteiger partial charge < -0.3 is 19.3 Å². The van der Waals surface area contributed by atoms with E-state index in [1.54, 1.807) is 42.5 Å². The lowest BCUT2D eigenvalue weighted by Crippen LogP contribution is -2.53. The van der Waals surface area contributed by atoms with E-state index in [4.69, 9.17) is 19.3 Å². The number of hydrogen-bond acceptors (Lipinski definition) is 7. The van der Waals surface area contributed by atoms with Crippen molar-refractivity contribution in [3.05, 3.63) is 91.4 Å². The predicted octanol–water partition coefficient (Wildman–Crippen LogP) is 6.34. The number of carboxylic acids is 1. The van der Waals surface area contributed by atoms with E-state index < -0.39 is 23.8 Å². The van der Waals surface area contributed by atoms with E-state index >= 15 is 0 Å². The topological polar surface area (TPSA) is 131 Å². The molecule has 1 heterocycles. The molecule has 4 amide bonds. The Balaban J connectivity index is 1.61. The van der Waals surface area contributed by atoms with Crippen LogP contribution in [0.3, 0.4) is 0 Å². The van der Waals surface area contributed by atoms with Gasteiger partial charge >= 0.3 is 12.0 Å². The number of imide groups is 2. The molecule has 4 rings (SSSR count). The molecule has 1 saturated heterocycles. The van der Waals surface area contributed by atoms with E-state index in [0.29, 0.717) is 56.1 Å².